The summed E-state index contributed by atoms with van der Waals surface area (Å²) in [6.07, 6.45) is 0. The summed E-state index contributed by atoms with van der Waals surface area (Å²) in [5, 5.41) is 11.8. The third-order valence-electron chi connectivity index (χ3n) is 3.64. The molecular formula is C16H15BrN2O. The molecular weight excluding hydrogens is 316 g/mol. The minimum atomic E-state index is 0.0934. The zero-order valence-corrected chi connectivity index (χ0v) is 12.7. The van der Waals surface area contributed by atoms with Crippen molar-refractivity contribution in [2.75, 3.05) is 19.0 Å². The van der Waals surface area contributed by atoms with Crippen LogP contribution in [-0.2, 0) is 0 Å². The van der Waals surface area contributed by atoms with E-state index < -0.39 is 0 Å². The molecule has 3 rings (SSSR count). The summed E-state index contributed by atoms with van der Waals surface area (Å²) in [7, 11) is 1.65. The molecule has 1 heterocycles. The van der Waals surface area contributed by atoms with Crippen LogP contribution < -0.4 is 10.1 Å². The van der Waals surface area contributed by atoms with Gasteiger partial charge in [-0.15, -0.1) is 0 Å². The van der Waals surface area contributed by atoms with Gasteiger partial charge in [0.15, 0.2) is 0 Å². The number of hydrogen-bond donors (Lipinski definition) is 2. The van der Waals surface area contributed by atoms with Gasteiger partial charge in [0, 0.05) is 28.3 Å². The van der Waals surface area contributed by atoms with Crippen LogP contribution in [0.4, 0.5) is 5.69 Å². The fourth-order valence-electron chi connectivity index (χ4n) is 2.53. The predicted octanol–water partition coefficient (Wildman–Crippen LogP) is 4.03. The molecule has 0 saturated heterocycles. The number of nitrogens with one attached hydrogen (secondary N) is 2. The summed E-state index contributed by atoms with van der Waals surface area (Å²) >= 11 is 3.50. The lowest BCUT2D eigenvalue weighted by atomic mass is 9.91. The maximum absolute atomic E-state index is 8.46. The SMILES string of the molecule is COc1ccc(C(=N)C2CNc3ccc(Br)cc32)cc1. The van der Waals surface area contributed by atoms with Crippen molar-refractivity contribution in [2.45, 2.75) is 5.92 Å². The molecule has 0 saturated carbocycles. The minimum absolute atomic E-state index is 0.0934. The van der Waals surface area contributed by atoms with E-state index in [1.54, 1.807) is 7.11 Å². The molecule has 0 fully saturated rings. The molecule has 2 N–H and O–H groups in total. The van der Waals surface area contributed by atoms with Crippen LogP contribution in [0.2, 0.25) is 0 Å². The molecule has 0 aromatic heterocycles. The summed E-state index contributed by atoms with van der Waals surface area (Å²) < 4.78 is 6.21. The van der Waals surface area contributed by atoms with E-state index in [2.05, 4.69) is 33.4 Å². The topological polar surface area (TPSA) is 45.1 Å². The van der Waals surface area contributed by atoms with Gasteiger partial charge in [0.25, 0.3) is 0 Å². The first kappa shape index (κ1) is 13.2. The van der Waals surface area contributed by atoms with E-state index >= 15 is 0 Å². The van der Waals surface area contributed by atoms with E-state index in [-0.39, 0.29) is 5.92 Å². The Morgan fingerprint density at radius 1 is 1.25 bits per heavy atom. The van der Waals surface area contributed by atoms with Crippen molar-refractivity contribution in [1.29, 1.82) is 5.41 Å². The van der Waals surface area contributed by atoms with Crippen LogP contribution in [0, 0.1) is 5.41 Å². The summed E-state index contributed by atoms with van der Waals surface area (Å²) in [4.78, 5) is 0. The van der Waals surface area contributed by atoms with Gasteiger partial charge >= 0.3 is 0 Å². The second-order valence-electron chi connectivity index (χ2n) is 4.81. The van der Waals surface area contributed by atoms with E-state index in [9.17, 15) is 0 Å². The van der Waals surface area contributed by atoms with Gasteiger partial charge in [-0.05, 0) is 53.6 Å². The molecule has 2 aromatic rings. The van der Waals surface area contributed by atoms with Gasteiger partial charge in [0.1, 0.15) is 5.75 Å². The quantitative estimate of drug-likeness (QED) is 0.834. The van der Waals surface area contributed by atoms with Crippen molar-refractivity contribution >= 4 is 27.3 Å². The van der Waals surface area contributed by atoms with Crippen molar-refractivity contribution in [1.82, 2.24) is 0 Å². The van der Waals surface area contributed by atoms with Crippen LogP contribution in [0.5, 0.6) is 5.75 Å². The fraction of sp³-hybridized carbons (Fsp3) is 0.188. The standard InChI is InChI=1S/C16H15BrN2O/c1-20-12-5-2-10(3-6-12)16(18)14-9-19-15-7-4-11(17)8-13(14)15/h2-8,14,18-19H,9H2,1H3. The Morgan fingerprint density at radius 3 is 2.70 bits per heavy atom. The van der Waals surface area contributed by atoms with Gasteiger partial charge in [-0.25, -0.2) is 0 Å². The normalized spacial score (nSPS) is 16.4. The van der Waals surface area contributed by atoms with Crippen molar-refractivity contribution in [2.24, 2.45) is 0 Å². The molecule has 3 nitrogen and oxygen atoms in total. The molecule has 4 heteroatoms. The van der Waals surface area contributed by atoms with Crippen LogP contribution in [0.1, 0.15) is 17.0 Å². The maximum Gasteiger partial charge on any atom is 0.118 e. The molecule has 102 valence electrons. The maximum atomic E-state index is 8.46. The monoisotopic (exact) mass is 330 g/mol. The number of halogens is 1. The first-order chi connectivity index (χ1) is 9.69. The Hall–Kier alpha value is -1.81. The molecule has 1 aliphatic heterocycles. The number of anilines is 1. The lowest BCUT2D eigenvalue weighted by molar-refractivity contribution is 0.415. The van der Waals surface area contributed by atoms with Gasteiger partial charge in [0.2, 0.25) is 0 Å². The van der Waals surface area contributed by atoms with E-state index in [0.717, 1.165) is 28.0 Å². The number of methoxy groups -OCH3 is 1. The lowest BCUT2D eigenvalue weighted by Gasteiger charge is -2.13. The number of benzene rings is 2. The highest BCUT2D eigenvalue weighted by Gasteiger charge is 2.26. The van der Waals surface area contributed by atoms with Crippen LogP contribution in [-0.4, -0.2) is 19.4 Å². The zero-order valence-electron chi connectivity index (χ0n) is 11.1. The average Bonchev–Trinajstić information content (AvgIpc) is 2.89. The van der Waals surface area contributed by atoms with E-state index in [1.165, 1.54) is 5.56 Å². The second kappa shape index (κ2) is 5.29. The predicted molar refractivity (Wildman–Crippen MR) is 85.2 cm³/mol. The highest BCUT2D eigenvalue weighted by atomic mass is 79.9. The largest absolute Gasteiger partial charge is 0.497 e. The Kier molecular flexibility index (Phi) is 3.49. The summed E-state index contributed by atoms with van der Waals surface area (Å²) in [5.74, 6) is 0.908. The van der Waals surface area contributed by atoms with E-state index in [4.69, 9.17) is 10.1 Å². The van der Waals surface area contributed by atoms with Crippen molar-refractivity contribution in [3.63, 3.8) is 0 Å². The van der Waals surface area contributed by atoms with Crippen LogP contribution in [0.3, 0.4) is 0 Å². The highest BCUT2D eigenvalue weighted by Crippen LogP contribution is 2.35. The molecule has 0 spiro atoms. The highest BCUT2D eigenvalue weighted by molar-refractivity contribution is 9.10. The number of rotatable bonds is 3. The Bertz CT molecular complexity index is 652. The summed E-state index contributed by atoms with van der Waals surface area (Å²) in [6.45, 7) is 0.774. The fourth-order valence-corrected chi connectivity index (χ4v) is 2.91. The summed E-state index contributed by atoms with van der Waals surface area (Å²) in [6, 6.07) is 13.8. The molecule has 0 aliphatic carbocycles. The van der Waals surface area contributed by atoms with Gasteiger partial charge in [0.05, 0.1) is 7.11 Å². The van der Waals surface area contributed by atoms with Crippen molar-refractivity contribution in [3.8, 4) is 5.75 Å². The molecule has 0 amide bonds. The molecule has 1 aliphatic rings. The molecule has 0 radical (unpaired) electrons. The first-order valence-electron chi connectivity index (χ1n) is 6.45. The molecule has 1 atom stereocenters. The summed E-state index contributed by atoms with van der Waals surface area (Å²) in [5.41, 5.74) is 3.87. The minimum Gasteiger partial charge on any atom is -0.497 e. The van der Waals surface area contributed by atoms with Gasteiger partial charge in [-0.2, -0.15) is 0 Å². The number of hydrogen-bond acceptors (Lipinski definition) is 3. The molecule has 2 aromatic carbocycles. The third-order valence-corrected chi connectivity index (χ3v) is 4.13. The van der Waals surface area contributed by atoms with Crippen LogP contribution in [0.15, 0.2) is 46.9 Å². The lowest BCUT2D eigenvalue weighted by Crippen LogP contribution is -2.14. The van der Waals surface area contributed by atoms with Crippen molar-refractivity contribution in [3.05, 3.63) is 58.1 Å². The Labute approximate surface area is 126 Å². The van der Waals surface area contributed by atoms with Crippen LogP contribution in [0.25, 0.3) is 0 Å². The van der Waals surface area contributed by atoms with Gasteiger partial charge in [-0.3, -0.25) is 0 Å². The Balaban J connectivity index is 1.91. The Morgan fingerprint density at radius 2 is 2.00 bits per heavy atom. The van der Waals surface area contributed by atoms with E-state index in [0.29, 0.717) is 5.71 Å². The van der Waals surface area contributed by atoms with Gasteiger partial charge < -0.3 is 15.5 Å². The average molecular weight is 331 g/mol. The number of ether oxygens (including phenoxy) is 1. The van der Waals surface area contributed by atoms with Crippen molar-refractivity contribution < 1.29 is 4.74 Å². The molecule has 1 unspecified atom stereocenters. The molecule has 0 bridgehead atoms. The van der Waals surface area contributed by atoms with Crippen LogP contribution >= 0.6 is 15.9 Å². The molecule has 20 heavy (non-hydrogen) atoms. The third kappa shape index (κ3) is 2.31. The van der Waals surface area contributed by atoms with Gasteiger partial charge in [-0.1, -0.05) is 15.9 Å². The second-order valence-corrected chi connectivity index (χ2v) is 5.72. The van der Waals surface area contributed by atoms with E-state index in [1.807, 2.05) is 30.3 Å². The zero-order chi connectivity index (χ0) is 14.1. The smallest absolute Gasteiger partial charge is 0.118 e. The number of fused-ring (bicyclic) bond motifs is 1. The first-order valence-corrected chi connectivity index (χ1v) is 7.24.